The predicted molar refractivity (Wildman–Crippen MR) is 59.2 cm³/mol. The van der Waals surface area contributed by atoms with Gasteiger partial charge in [0.25, 0.3) is 0 Å². The molecule has 1 fully saturated rings. The highest BCUT2D eigenvalue weighted by atomic mass is 16.5. The Morgan fingerprint density at radius 2 is 1.93 bits per heavy atom. The van der Waals surface area contributed by atoms with E-state index < -0.39 is 0 Å². The van der Waals surface area contributed by atoms with Crippen molar-refractivity contribution in [1.29, 1.82) is 0 Å². The number of benzene rings is 1. The molecule has 3 N–H and O–H groups in total. The number of rotatable bonds is 2. The quantitative estimate of drug-likeness (QED) is 0.779. The lowest BCUT2D eigenvalue weighted by molar-refractivity contribution is 0.370. The van der Waals surface area contributed by atoms with Gasteiger partial charge in [0.05, 0.1) is 7.11 Å². The van der Waals surface area contributed by atoms with Crippen LogP contribution in [0.1, 0.15) is 29.5 Å². The molecule has 0 radical (unpaired) electrons. The minimum atomic E-state index is -0.185. The fourth-order valence-electron chi connectivity index (χ4n) is 1.95. The van der Waals surface area contributed by atoms with Crippen molar-refractivity contribution in [1.82, 2.24) is 0 Å². The summed E-state index contributed by atoms with van der Waals surface area (Å²) in [5, 5.41) is 9.82. The fourth-order valence-corrected chi connectivity index (χ4v) is 1.95. The van der Waals surface area contributed by atoms with E-state index >= 15 is 0 Å². The lowest BCUT2D eigenvalue weighted by Crippen LogP contribution is -2.20. The van der Waals surface area contributed by atoms with Crippen molar-refractivity contribution < 1.29 is 9.84 Å². The Kier molecular flexibility index (Phi) is 2.15. The van der Waals surface area contributed by atoms with Crippen molar-refractivity contribution in [2.45, 2.75) is 32.2 Å². The van der Waals surface area contributed by atoms with Gasteiger partial charge in [-0.05, 0) is 49.4 Å². The van der Waals surface area contributed by atoms with Crippen molar-refractivity contribution in [3.05, 3.63) is 22.8 Å². The van der Waals surface area contributed by atoms with Crippen LogP contribution in [0.2, 0.25) is 0 Å². The van der Waals surface area contributed by atoms with E-state index in [9.17, 15) is 5.11 Å². The lowest BCUT2D eigenvalue weighted by atomic mass is 9.95. The van der Waals surface area contributed by atoms with Crippen molar-refractivity contribution in [2.75, 3.05) is 7.11 Å². The summed E-state index contributed by atoms with van der Waals surface area (Å²) in [6, 6.07) is 1.87. The molecule has 82 valence electrons. The highest BCUT2D eigenvalue weighted by Crippen LogP contribution is 2.47. The molecule has 0 saturated heterocycles. The molecule has 0 unspecified atom stereocenters. The molecule has 1 saturated carbocycles. The number of hydrogen-bond acceptors (Lipinski definition) is 3. The number of hydrogen-bond donors (Lipinski definition) is 2. The number of aromatic hydroxyl groups is 1. The Balaban J connectivity index is 2.61. The van der Waals surface area contributed by atoms with E-state index in [2.05, 4.69) is 0 Å². The van der Waals surface area contributed by atoms with Gasteiger partial charge in [-0.15, -0.1) is 0 Å². The first kappa shape index (κ1) is 10.3. The molecule has 2 rings (SSSR count). The average molecular weight is 207 g/mol. The number of nitrogens with two attached hydrogens (primary N) is 1. The zero-order valence-electron chi connectivity index (χ0n) is 9.42. The first-order chi connectivity index (χ1) is 6.99. The van der Waals surface area contributed by atoms with Gasteiger partial charge in [-0.25, -0.2) is 0 Å². The van der Waals surface area contributed by atoms with Gasteiger partial charge in [-0.3, -0.25) is 0 Å². The molecule has 1 aliphatic carbocycles. The average Bonchev–Trinajstić information content (AvgIpc) is 2.94. The van der Waals surface area contributed by atoms with Gasteiger partial charge in [0.2, 0.25) is 0 Å². The Labute approximate surface area is 89.9 Å². The molecule has 0 atom stereocenters. The highest BCUT2D eigenvalue weighted by Gasteiger charge is 2.42. The van der Waals surface area contributed by atoms with Crippen LogP contribution < -0.4 is 10.5 Å². The molecule has 0 bridgehead atoms. The molecule has 15 heavy (non-hydrogen) atoms. The number of methoxy groups -OCH3 is 1. The summed E-state index contributed by atoms with van der Waals surface area (Å²) in [5.74, 6) is 0.743. The van der Waals surface area contributed by atoms with E-state index in [4.69, 9.17) is 10.5 Å². The van der Waals surface area contributed by atoms with Crippen LogP contribution in [-0.2, 0) is 5.54 Å². The SMILES string of the molecule is COc1cc(C2(N)CC2)c(C)c(C)c1O. The van der Waals surface area contributed by atoms with Gasteiger partial charge in [-0.2, -0.15) is 0 Å². The van der Waals surface area contributed by atoms with Crippen LogP contribution in [0.3, 0.4) is 0 Å². The maximum atomic E-state index is 9.82. The molecule has 0 heterocycles. The van der Waals surface area contributed by atoms with Gasteiger partial charge >= 0.3 is 0 Å². The van der Waals surface area contributed by atoms with Gasteiger partial charge < -0.3 is 15.6 Å². The van der Waals surface area contributed by atoms with Crippen LogP contribution in [0.25, 0.3) is 0 Å². The van der Waals surface area contributed by atoms with Crippen LogP contribution >= 0.6 is 0 Å². The Hall–Kier alpha value is -1.22. The zero-order chi connectivity index (χ0) is 11.2. The third kappa shape index (κ3) is 1.47. The first-order valence-corrected chi connectivity index (χ1v) is 5.16. The standard InChI is InChI=1S/C12H17NO2/c1-7-8(2)11(14)10(15-3)6-9(7)12(13)4-5-12/h6,14H,4-5,13H2,1-3H3. The number of phenols is 1. The summed E-state index contributed by atoms with van der Waals surface area (Å²) in [5.41, 5.74) is 9.03. The van der Waals surface area contributed by atoms with Crippen LogP contribution in [0.15, 0.2) is 6.07 Å². The van der Waals surface area contributed by atoms with E-state index in [-0.39, 0.29) is 11.3 Å². The fraction of sp³-hybridized carbons (Fsp3) is 0.500. The van der Waals surface area contributed by atoms with E-state index in [1.165, 1.54) is 0 Å². The van der Waals surface area contributed by atoms with Gasteiger partial charge in [0.1, 0.15) is 0 Å². The number of ether oxygens (including phenoxy) is 1. The Bertz CT molecular complexity index is 409. The summed E-state index contributed by atoms with van der Waals surface area (Å²) >= 11 is 0. The molecule has 3 nitrogen and oxygen atoms in total. The predicted octanol–water partition coefficient (Wildman–Crippen LogP) is 1.97. The smallest absolute Gasteiger partial charge is 0.161 e. The second kappa shape index (κ2) is 3.14. The second-order valence-corrected chi connectivity index (χ2v) is 4.38. The molecule has 0 spiro atoms. The summed E-state index contributed by atoms with van der Waals surface area (Å²) < 4.78 is 5.14. The molecular weight excluding hydrogens is 190 g/mol. The molecular formula is C12H17NO2. The third-order valence-corrected chi connectivity index (χ3v) is 3.38. The normalized spacial score (nSPS) is 17.6. The van der Waals surface area contributed by atoms with Crippen LogP contribution in [-0.4, -0.2) is 12.2 Å². The minimum absolute atomic E-state index is 0.185. The monoisotopic (exact) mass is 207 g/mol. The van der Waals surface area contributed by atoms with Crippen LogP contribution in [0.5, 0.6) is 11.5 Å². The molecule has 0 amide bonds. The van der Waals surface area contributed by atoms with Crippen molar-refractivity contribution in [2.24, 2.45) is 5.73 Å². The third-order valence-electron chi connectivity index (χ3n) is 3.38. The van der Waals surface area contributed by atoms with E-state index in [0.29, 0.717) is 5.75 Å². The van der Waals surface area contributed by atoms with Crippen molar-refractivity contribution >= 4 is 0 Å². The molecule has 0 aliphatic heterocycles. The topological polar surface area (TPSA) is 55.5 Å². The van der Waals surface area contributed by atoms with E-state index in [1.807, 2.05) is 19.9 Å². The molecule has 0 aromatic heterocycles. The summed E-state index contributed by atoms with van der Waals surface area (Å²) in [7, 11) is 1.56. The Morgan fingerprint density at radius 1 is 1.33 bits per heavy atom. The van der Waals surface area contributed by atoms with Crippen molar-refractivity contribution in [3.63, 3.8) is 0 Å². The van der Waals surface area contributed by atoms with Gasteiger partial charge in [-0.1, -0.05) is 0 Å². The maximum Gasteiger partial charge on any atom is 0.161 e. The molecule has 1 aromatic carbocycles. The summed E-state index contributed by atoms with van der Waals surface area (Å²) in [6.07, 6.45) is 2.03. The molecule has 1 aromatic rings. The summed E-state index contributed by atoms with van der Waals surface area (Å²) in [4.78, 5) is 0. The van der Waals surface area contributed by atoms with Crippen molar-refractivity contribution in [3.8, 4) is 11.5 Å². The maximum absolute atomic E-state index is 9.82. The first-order valence-electron chi connectivity index (χ1n) is 5.16. The van der Waals surface area contributed by atoms with Gasteiger partial charge in [0, 0.05) is 5.54 Å². The van der Waals surface area contributed by atoms with Crippen LogP contribution in [0, 0.1) is 13.8 Å². The lowest BCUT2D eigenvalue weighted by Gasteiger charge is -2.18. The largest absolute Gasteiger partial charge is 0.504 e. The van der Waals surface area contributed by atoms with E-state index in [0.717, 1.165) is 29.5 Å². The van der Waals surface area contributed by atoms with E-state index in [1.54, 1.807) is 7.11 Å². The van der Waals surface area contributed by atoms with Gasteiger partial charge in [0.15, 0.2) is 11.5 Å². The summed E-state index contributed by atoms with van der Waals surface area (Å²) in [6.45, 7) is 3.89. The zero-order valence-corrected chi connectivity index (χ0v) is 9.42. The minimum Gasteiger partial charge on any atom is -0.504 e. The molecule has 3 heteroatoms. The molecule has 1 aliphatic rings. The Morgan fingerprint density at radius 3 is 2.40 bits per heavy atom. The highest BCUT2D eigenvalue weighted by molar-refractivity contribution is 5.55. The number of phenolic OH excluding ortho intramolecular Hbond substituents is 1. The van der Waals surface area contributed by atoms with Crippen LogP contribution in [0.4, 0.5) is 0 Å². The second-order valence-electron chi connectivity index (χ2n) is 4.38.